The van der Waals surface area contributed by atoms with Crippen molar-refractivity contribution < 1.29 is 14.6 Å². The summed E-state index contributed by atoms with van der Waals surface area (Å²) >= 11 is 0. The highest BCUT2D eigenvalue weighted by molar-refractivity contribution is 5.92. The van der Waals surface area contributed by atoms with Gasteiger partial charge in [-0.3, -0.25) is 0 Å². The van der Waals surface area contributed by atoms with E-state index in [1.807, 2.05) is 0 Å². The number of ether oxygens (including phenoxy) is 1. The first-order valence-corrected chi connectivity index (χ1v) is 5.64. The lowest BCUT2D eigenvalue weighted by Crippen LogP contribution is -2.15. The Morgan fingerprint density at radius 3 is 3.06 bits per heavy atom. The molecule has 0 fully saturated rings. The van der Waals surface area contributed by atoms with Gasteiger partial charge in [-0.25, -0.2) is 14.8 Å². The van der Waals surface area contributed by atoms with Gasteiger partial charge in [-0.05, 0) is 13.3 Å². The Balaban J connectivity index is 2.47. The fourth-order valence-corrected chi connectivity index (χ4v) is 1.27. The summed E-state index contributed by atoms with van der Waals surface area (Å²) in [5, 5.41) is 11.9. The van der Waals surface area contributed by atoms with Crippen molar-refractivity contribution in [2.45, 2.75) is 13.3 Å². The van der Waals surface area contributed by atoms with Gasteiger partial charge >= 0.3 is 5.97 Å². The Bertz CT molecular complexity index is 421. The summed E-state index contributed by atoms with van der Waals surface area (Å²) in [7, 11) is 0. The van der Waals surface area contributed by atoms with Crippen molar-refractivity contribution in [1.82, 2.24) is 9.97 Å². The molecule has 0 radical (unpaired) electrons. The van der Waals surface area contributed by atoms with E-state index in [0.29, 0.717) is 31.4 Å². The maximum absolute atomic E-state index is 10.9. The van der Waals surface area contributed by atoms with E-state index >= 15 is 0 Å². The van der Waals surface area contributed by atoms with Crippen LogP contribution in [0.15, 0.2) is 18.9 Å². The van der Waals surface area contributed by atoms with Crippen molar-refractivity contribution in [3.63, 3.8) is 0 Å². The van der Waals surface area contributed by atoms with E-state index in [0.717, 1.165) is 6.42 Å². The lowest BCUT2D eigenvalue weighted by molar-refractivity contribution is 0.0697. The molecule has 18 heavy (non-hydrogen) atoms. The molecule has 98 valence electrons. The Hall–Kier alpha value is -1.95. The van der Waals surface area contributed by atoms with Gasteiger partial charge in [0, 0.05) is 12.7 Å². The van der Waals surface area contributed by atoms with Crippen LogP contribution in [0.2, 0.25) is 0 Å². The predicted octanol–water partition coefficient (Wildman–Crippen LogP) is 1.49. The summed E-state index contributed by atoms with van der Waals surface area (Å²) in [5.74, 6) is -0.206. The number of aryl methyl sites for hydroxylation is 1. The van der Waals surface area contributed by atoms with Gasteiger partial charge in [0.15, 0.2) is 0 Å². The van der Waals surface area contributed by atoms with Gasteiger partial charge in [-0.2, -0.15) is 0 Å². The molecule has 0 saturated carbocycles. The Labute approximate surface area is 106 Å². The van der Waals surface area contributed by atoms with Crippen molar-refractivity contribution in [2.24, 2.45) is 0 Å². The van der Waals surface area contributed by atoms with E-state index in [1.54, 1.807) is 13.0 Å². The number of carbonyl (C=O) groups is 1. The van der Waals surface area contributed by atoms with Gasteiger partial charge in [0.1, 0.15) is 17.2 Å². The highest BCUT2D eigenvalue weighted by atomic mass is 16.5. The van der Waals surface area contributed by atoms with Crippen LogP contribution >= 0.6 is 0 Å². The number of rotatable bonds is 8. The average molecular weight is 251 g/mol. The smallest absolute Gasteiger partial charge is 0.341 e. The maximum Gasteiger partial charge on any atom is 0.341 e. The number of nitrogens with one attached hydrogen (secondary N) is 1. The van der Waals surface area contributed by atoms with E-state index in [9.17, 15) is 4.79 Å². The lowest BCUT2D eigenvalue weighted by Gasteiger charge is -2.09. The SMILES string of the molecule is C=CCCOCCNc1nc(C)ncc1C(=O)O. The molecule has 0 spiro atoms. The number of aromatic nitrogens is 2. The van der Waals surface area contributed by atoms with Gasteiger partial charge in [0.25, 0.3) is 0 Å². The molecule has 0 aromatic carbocycles. The zero-order chi connectivity index (χ0) is 13.4. The van der Waals surface area contributed by atoms with E-state index in [4.69, 9.17) is 9.84 Å². The van der Waals surface area contributed by atoms with Crippen LogP contribution < -0.4 is 5.32 Å². The predicted molar refractivity (Wildman–Crippen MR) is 67.9 cm³/mol. The average Bonchev–Trinajstić information content (AvgIpc) is 2.33. The number of hydrogen-bond donors (Lipinski definition) is 2. The minimum Gasteiger partial charge on any atom is -0.477 e. The minimum absolute atomic E-state index is 0.0618. The molecule has 2 N–H and O–H groups in total. The fourth-order valence-electron chi connectivity index (χ4n) is 1.27. The van der Waals surface area contributed by atoms with Crippen molar-refractivity contribution >= 4 is 11.8 Å². The Kier molecular flexibility index (Phi) is 5.79. The molecule has 0 atom stereocenters. The number of anilines is 1. The first-order chi connectivity index (χ1) is 8.65. The molecule has 0 aliphatic heterocycles. The molecule has 0 amide bonds. The lowest BCUT2D eigenvalue weighted by atomic mass is 10.3. The third-order valence-corrected chi connectivity index (χ3v) is 2.14. The van der Waals surface area contributed by atoms with Gasteiger partial charge in [-0.15, -0.1) is 6.58 Å². The molecule has 0 unspecified atom stereocenters. The molecule has 0 aliphatic rings. The molecule has 0 saturated heterocycles. The van der Waals surface area contributed by atoms with Crippen LogP contribution in [0.4, 0.5) is 5.82 Å². The molecule has 0 aliphatic carbocycles. The monoisotopic (exact) mass is 251 g/mol. The maximum atomic E-state index is 10.9. The molecule has 0 bridgehead atoms. The molecule has 6 heteroatoms. The summed E-state index contributed by atoms with van der Waals surface area (Å²) in [6, 6.07) is 0. The van der Waals surface area contributed by atoms with Crippen molar-refractivity contribution in [3.8, 4) is 0 Å². The Morgan fingerprint density at radius 1 is 1.61 bits per heavy atom. The van der Waals surface area contributed by atoms with Crippen LogP contribution in [-0.2, 0) is 4.74 Å². The normalized spacial score (nSPS) is 10.1. The van der Waals surface area contributed by atoms with Crippen LogP contribution in [0, 0.1) is 6.92 Å². The van der Waals surface area contributed by atoms with E-state index in [1.165, 1.54) is 6.20 Å². The fraction of sp³-hybridized carbons (Fsp3) is 0.417. The van der Waals surface area contributed by atoms with Crippen LogP contribution in [0.1, 0.15) is 22.6 Å². The molecule has 1 aromatic rings. The topological polar surface area (TPSA) is 84.3 Å². The largest absolute Gasteiger partial charge is 0.477 e. The zero-order valence-corrected chi connectivity index (χ0v) is 10.3. The summed E-state index contributed by atoms with van der Waals surface area (Å²) < 4.78 is 5.30. The van der Waals surface area contributed by atoms with E-state index in [2.05, 4.69) is 21.9 Å². The molecular formula is C12H17N3O3. The molecule has 1 aromatic heterocycles. The second-order valence-corrected chi connectivity index (χ2v) is 3.60. The second kappa shape index (κ2) is 7.39. The van der Waals surface area contributed by atoms with Gasteiger partial charge in [0.2, 0.25) is 0 Å². The quantitative estimate of drug-likeness (QED) is 0.538. The first kappa shape index (κ1) is 14.1. The van der Waals surface area contributed by atoms with Crippen LogP contribution in [0.5, 0.6) is 0 Å². The Morgan fingerprint density at radius 2 is 2.39 bits per heavy atom. The summed E-state index contributed by atoms with van der Waals surface area (Å²) in [4.78, 5) is 18.9. The van der Waals surface area contributed by atoms with Crippen LogP contribution in [0.3, 0.4) is 0 Å². The standard InChI is InChI=1S/C12H17N3O3/c1-3-4-6-18-7-5-13-11-10(12(16)17)8-14-9(2)15-11/h3,8H,1,4-7H2,2H3,(H,16,17)(H,13,14,15). The number of carboxylic acids is 1. The summed E-state index contributed by atoms with van der Waals surface area (Å²) in [6.07, 6.45) is 3.88. The highest BCUT2D eigenvalue weighted by Crippen LogP contribution is 2.10. The van der Waals surface area contributed by atoms with Crippen LogP contribution in [0.25, 0.3) is 0 Å². The van der Waals surface area contributed by atoms with Gasteiger partial charge < -0.3 is 15.2 Å². The van der Waals surface area contributed by atoms with Gasteiger partial charge in [-0.1, -0.05) is 6.08 Å². The summed E-state index contributed by atoms with van der Waals surface area (Å²) in [5.41, 5.74) is 0.0618. The second-order valence-electron chi connectivity index (χ2n) is 3.60. The number of carboxylic acid groups (broad SMARTS) is 1. The molecular weight excluding hydrogens is 234 g/mol. The molecule has 6 nitrogen and oxygen atoms in total. The van der Waals surface area contributed by atoms with Crippen molar-refractivity contribution in [3.05, 3.63) is 30.2 Å². The molecule has 1 heterocycles. The first-order valence-electron chi connectivity index (χ1n) is 5.64. The van der Waals surface area contributed by atoms with Crippen LogP contribution in [-0.4, -0.2) is 40.8 Å². The van der Waals surface area contributed by atoms with E-state index in [-0.39, 0.29) is 5.56 Å². The number of hydrogen-bond acceptors (Lipinski definition) is 5. The third-order valence-electron chi connectivity index (χ3n) is 2.14. The third kappa shape index (κ3) is 4.50. The molecule has 1 rings (SSSR count). The number of nitrogens with zero attached hydrogens (tertiary/aromatic N) is 2. The highest BCUT2D eigenvalue weighted by Gasteiger charge is 2.11. The minimum atomic E-state index is -1.05. The van der Waals surface area contributed by atoms with E-state index < -0.39 is 5.97 Å². The van der Waals surface area contributed by atoms with Crippen molar-refractivity contribution in [1.29, 1.82) is 0 Å². The number of aromatic carboxylic acids is 1. The zero-order valence-electron chi connectivity index (χ0n) is 10.3. The van der Waals surface area contributed by atoms with Crippen molar-refractivity contribution in [2.75, 3.05) is 25.1 Å². The van der Waals surface area contributed by atoms with Gasteiger partial charge in [0.05, 0.1) is 13.2 Å². The summed E-state index contributed by atoms with van der Waals surface area (Å²) in [6.45, 7) is 6.88.